The van der Waals surface area contributed by atoms with Crippen LogP contribution in [-0.4, -0.2) is 11.6 Å². The largest absolute Gasteiger partial charge is 0.455 e. The lowest BCUT2D eigenvalue weighted by Crippen LogP contribution is -2.47. The maximum Gasteiger partial charge on any atom is 0.333 e. The van der Waals surface area contributed by atoms with Gasteiger partial charge in [0.1, 0.15) is 5.60 Å². The summed E-state index contributed by atoms with van der Waals surface area (Å²) in [6.07, 6.45) is 11.9. The number of carbonyl (C=O) groups excluding carboxylic acids is 1. The van der Waals surface area contributed by atoms with Crippen molar-refractivity contribution in [1.82, 2.24) is 0 Å². The Hall–Kier alpha value is -1.05. The molecule has 0 bridgehead atoms. The highest BCUT2D eigenvalue weighted by Gasteiger charge is 2.45. The Kier molecular flexibility index (Phi) is 5.29. The van der Waals surface area contributed by atoms with Crippen LogP contribution in [0.25, 0.3) is 0 Å². The molecule has 2 aliphatic rings. The molecular weight excluding hydrogens is 260 g/mol. The zero-order valence-corrected chi connectivity index (χ0v) is 13.9. The minimum Gasteiger partial charge on any atom is -0.455 e. The molecule has 0 saturated heterocycles. The predicted molar refractivity (Wildman–Crippen MR) is 87.0 cm³/mol. The minimum atomic E-state index is -0.326. The van der Waals surface area contributed by atoms with Crippen LogP contribution in [0.15, 0.2) is 23.8 Å². The molecule has 0 aromatic heterocycles. The van der Waals surface area contributed by atoms with Gasteiger partial charge in [-0.3, -0.25) is 0 Å². The van der Waals surface area contributed by atoms with Gasteiger partial charge in [-0.1, -0.05) is 37.5 Å². The zero-order chi connectivity index (χ0) is 15.5. The van der Waals surface area contributed by atoms with E-state index in [9.17, 15) is 4.79 Å². The number of ether oxygens (including phenoxy) is 1. The first-order chi connectivity index (χ1) is 9.93. The molecule has 2 atom stereocenters. The standard InChI is InChI=1S/C19H30O2/c1-14(2)18(20)21-19(4,16-8-6-5-7-9-16)17-12-10-15(3)11-13-17/h10,16-17H,1,5-9,11-13H2,2-4H3. The van der Waals surface area contributed by atoms with Gasteiger partial charge in [-0.05, 0) is 58.8 Å². The van der Waals surface area contributed by atoms with Crippen molar-refractivity contribution in [2.24, 2.45) is 11.8 Å². The smallest absolute Gasteiger partial charge is 0.333 e. The molecule has 0 aliphatic heterocycles. The molecule has 0 aromatic carbocycles. The maximum atomic E-state index is 12.2. The third-order valence-corrected chi connectivity index (χ3v) is 5.53. The second-order valence-electron chi connectivity index (χ2n) is 7.21. The normalized spacial score (nSPS) is 26.6. The molecule has 118 valence electrons. The van der Waals surface area contributed by atoms with Crippen LogP contribution >= 0.6 is 0 Å². The Balaban J connectivity index is 2.20. The van der Waals surface area contributed by atoms with Crippen LogP contribution in [0.1, 0.15) is 72.1 Å². The van der Waals surface area contributed by atoms with Crippen LogP contribution < -0.4 is 0 Å². The second-order valence-corrected chi connectivity index (χ2v) is 7.21. The van der Waals surface area contributed by atoms with Gasteiger partial charge in [0, 0.05) is 11.5 Å². The van der Waals surface area contributed by atoms with E-state index in [1.165, 1.54) is 37.7 Å². The summed E-state index contributed by atoms with van der Waals surface area (Å²) in [4.78, 5) is 12.2. The summed E-state index contributed by atoms with van der Waals surface area (Å²) < 4.78 is 6.05. The van der Waals surface area contributed by atoms with Gasteiger partial charge in [0.25, 0.3) is 0 Å². The molecule has 1 saturated carbocycles. The molecule has 2 rings (SSSR count). The third-order valence-electron chi connectivity index (χ3n) is 5.53. The van der Waals surface area contributed by atoms with Crippen LogP contribution in [0.2, 0.25) is 0 Å². The average molecular weight is 290 g/mol. The van der Waals surface area contributed by atoms with Crippen molar-refractivity contribution in [3.8, 4) is 0 Å². The Morgan fingerprint density at radius 2 is 1.90 bits per heavy atom. The fraction of sp³-hybridized carbons (Fsp3) is 0.737. The van der Waals surface area contributed by atoms with Crippen LogP contribution in [0.5, 0.6) is 0 Å². The van der Waals surface area contributed by atoms with Crippen molar-refractivity contribution < 1.29 is 9.53 Å². The Morgan fingerprint density at radius 1 is 1.24 bits per heavy atom. The topological polar surface area (TPSA) is 26.3 Å². The van der Waals surface area contributed by atoms with Crippen molar-refractivity contribution >= 4 is 5.97 Å². The van der Waals surface area contributed by atoms with Crippen molar-refractivity contribution in [1.29, 1.82) is 0 Å². The third kappa shape index (κ3) is 3.78. The molecule has 1 fully saturated rings. The van der Waals surface area contributed by atoms with E-state index in [2.05, 4.69) is 26.5 Å². The second kappa shape index (κ2) is 6.81. The predicted octanol–water partition coefficient (Wildman–Crippen LogP) is 5.19. The monoisotopic (exact) mass is 290 g/mol. The molecule has 0 spiro atoms. The van der Waals surface area contributed by atoms with Crippen molar-refractivity contribution in [2.45, 2.75) is 77.7 Å². The lowest BCUT2D eigenvalue weighted by molar-refractivity contribution is -0.170. The molecule has 0 aromatic rings. The highest BCUT2D eigenvalue weighted by Crippen LogP contribution is 2.44. The van der Waals surface area contributed by atoms with Gasteiger partial charge in [-0.15, -0.1) is 0 Å². The first kappa shape index (κ1) is 16.3. The quantitative estimate of drug-likeness (QED) is 0.404. The van der Waals surface area contributed by atoms with Crippen molar-refractivity contribution in [2.75, 3.05) is 0 Å². The summed E-state index contributed by atoms with van der Waals surface area (Å²) in [6.45, 7) is 9.89. The highest BCUT2D eigenvalue weighted by atomic mass is 16.6. The van der Waals surface area contributed by atoms with Gasteiger partial charge in [0.05, 0.1) is 0 Å². The van der Waals surface area contributed by atoms with Crippen LogP contribution in [0.4, 0.5) is 0 Å². The van der Waals surface area contributed by atoms with E-state index in [0.717, 1.165) is 19.3 Å². The summed E-state index contributed by atoms with van der Waals surface area (Å²) in [5.41, 5.74) is 1.66. The lowest BCUT2D eigenvalue weighted by Gasteiger charge is -2.45. The van der Waals surface area contributed by atoms with E-state index in [-0.39, 0.29) is 11.6 Å². The number of hydrogen-bond acceptors (Lipinski definition) is 2. The van der Waals surface area contributed by atoms with Crippen LogP contribution in [0.3, 0.4) is 0 Å². The van der Waals surface area contributed by atoms with E-state index in [1.807, 2.05) is 0 Å². The van der Waals surface area contributed by atoms with E-state index < -0.39 is 0 Å². The number of allylic oxidation sites excluding steroid dienone is 2. The summed E-state index contributed by atoms with van der Waals surface area (Å²) in [6, 6.07) is 0. The lowest BCUT2D eigenvalue weighted by atomic mass is 9.67. The molecule has 0 amide bonds. The molecule has 0 N–H and O–H groups in total. The van der Waals surface area contributed by atoms with E-state index in [4.69, 9.17) is 4.74 Å². The van der Waals surface area contributed by atoms with Gasteiger partial charge in [-0.2, -0.15) is 0 Å². The number of hydrogen-bond donors (Lipinski definition) is 0. The molecule has 0 radical (unpaired) electrons. The molecule has 2 aliphatic carbocycles. The number of esters is 1. The van der Waals surface area contributed by atoms with Gasteiger partial charge in [-0.25, -0.2) is 4.79 Å². The molecule has 0 heterocycles. The van der Waals surface area contributed by atoms with Gasteiger partial charge < -0.3 is 4.74 Å². The summed E-state index contributed by atoms with van der Waals surface area (Å²) >= 11 is 0. The van der Waals surface area contributed by atoms with E-state index in [1.54, 1.807) is 6.92 Å². The Bertz CT molecular complexity index is 429. The average Bonchev–Trinajstić information content (AvgIpc) is 2.48. The summed E-state index contributed by atoms with van der Waals surface area (Å²) in [5.74, 6) is 0.744. The molecule has 2 heteroatoms. The summed E-state index contributed by atoms with van der Waals surface area (Å²) in [7, 11) is 0. The fourth-order valence-electron chi connectivity index (χ4n) is 3.95. The Morgan fingerprint density at radius 3 is 2.43 bits per heavy atom. The molecular formula is C19H30O2. The summed E-state index contributed by atoms with van der Waals surface area (Å²) in [5, 5.41) is 0. The van der Waals surface area contributed by atoms with Crippen LogP contribution in [0, 0.1) is 11.8 Å². The first-order valence-electron chi connectivity index (χ1n) is 8.48. The van der Waals surface area contributed by atoms with Gasteiger partial charge in [0.15, 0.2) is 0 Å². The zero-order valence-electron chi connectivity index (χ0n) is 13.9. The van der Waals surface area contributed by atoms with Gasteiger partial charge in [0.2, 0.25) is 0 Å². The molecule has 2 nitrogen and oxygen atoms in total. The first-order valence-corrected chi connectivity index (χ1v) is 8.48. The maximum absolute atomic E-state index is 12.2. The van der Waals surface area contributed by atoms with Crippen molar-refractivity contribution in [3.05, 3.63) is 23.8 Å². The molecule has 2 unspecified atom stereocenters. The number of carbonyl (C=O) groups is 1. The fourth-order valence-corrected chi connectivity index (χ4v) is 3.95. The molecule has 21 heavy (non-hydrogen) atoms. The number of rotatable bonds is 4. The van der Waals surface area contributed by atoms with Gasteiger partial charge >= 0.3 is 5.97 Å². The van der Waals surface area contributed by atoms with E-state index >= 15 is 0 Å². The highest BCUT2D eigenvalue weighted by molar-refractivity contribution is 5.87. The minimum absolute atomic E-state index is 0.214. The van der Waals surface area contributed by atoms with E-state index in [0.29, 0.717) is 17.4 Å². The van der Waals surface area contributed by atoms with Crippen molar-refractivity contribution in [3.63, 3.8) is 0 Å². The van der Waals surface area contributed by atoms with Crippen LogP contribution in [-0.2, 0) is 9.53 Å². The Labute approximate surface area is 129 Å². The SMILES string of the molecule is C=C(C)C(=O)OC(C)(C1CC=C(C)CC1)C1CCCCC1.